The molecule has 90 valence electrons. The summed E-state index contributed by atoms with van der Waals surface area (Å²) in [6.07, 6.45) is 0.176. The van der Waals surface area contributed by atoms with Crippen LogP contribution in [0, 0.1) is 13.8 Å². The van der Waals surface area contributed by atoms with Crippen LogP contribution in [0.4, 0.5) is 0 Å². The fraction of sp³-hybridized carbons (Fsp3) is 0.400. The number of hydrogen-bond donors (Lipinski definition) is 1. The zero-order valence-electron chi connectivity index (χ0n) is 9.43. The van der Waals surface area contributed by atoms with Crippen LogP contribution in [0.25, 0.3) is 11.4 Å². The number of rotatable bonds is 4. The van der Waals surface area contributed by atoms with Gasteiger partial charge in [0.15, 0.2) is 0 Å². The number of aromatic nitrogens is 3. The predicted molar refractivity (Wildman–Crippen MR) is 55.2 cm³/mol. The number of nitrogens with zero attached hydrogens (tertiary/aromatic N) is 3. The lowest BCUT2D eigenvalue weighted by atomic mass is 10.2. The molecule has 0 fully saturated rings. The number of hydrogen-bond acceptors (Lipinski definition) is 6. The van der Waals surface area contributed by atoms with Gasteiger partial charge in [0.2, 0.25) is 11.7 Å². The van der Waals surface area contributed by atoms with E-state index >= 15 is 0 Å². The van der Waals surface area contributed by atoms with E-state index in [1.807, 2.05) is 0 Å². The van der Waals surface area contributed by atoms with Gasteiger partial charge in [-0.25, -0.2) is 0 Å². The fourth-order valence-electron chi connectivity index (χ4n) is 1.47. The van der Waals surface area contributed by atoms with E-state index in [4.69, 9.17) is 14.2 Å². The monoisotopic (exact) mass is 237 g/mol. The summed E-state index contributed by atoms with van der Waals surface area (Å²) in [6, 6.07) is 0. The van der Waals surface area contributed by atoms with E-state index in [0.717, 1.165) is 0 Å². The van der Waals surface area contributed by atoms with Gasteiger partial charge < -0.3 is 14.2 Å². The molecule has 0 aliphatic rings. The Bertz CT molecular complexity index is 524. The van der Waals surface area contributed by atoms with Gasteiger partial charge in [0, 0.05) is 6.42 Å². The van der Waals surface area contributed by atoms with Gasteiger partial charge in [-0.1, -0.05) is 10.3 Å². The Morgan fingerprint density at radius 3 is 2.65 bits per heavy atom. The maximum Gasteiger partial charge on any atom is 0.303 e. The summed E-state index contributed by atoms with van der Waals surface area (Å²) < 4.78 is 9.95. The Balaban J connectivity index is 2.21. The van der Waals surface area contributed by atoms with E-state index in [0.29, 0.717) is 28.7 Å². The molecule has 0 aliphatic carbocycles. The summed E-state index contributed by atoms with van der Waals surface area (Å²) in [7, 11) is 0. The zero-order chi connectivity index (χ0) is 12.4. The third-order valence-electron chi connectivity index (χ3n) is 2.28. The lowest BCUT2D eigenvalue weighted by Gasteiger charge is -1.89. The molecule has 7 heteroatoms. The van der Waals surface area contributed by atoms with Gasteiger partial charge in [0.25, 0.3) is 0 Å². The average Bonchev–Trinajstić information content (AvgIpc) is 2.83. The molecular formula is C10H11N3O4. The van der Waals surface area contributed by atoms with Crippen molar-refractivity contribution in [1.29, 1.82) is 0 Å². The molecule has 0 spiro atoms. The van der Waals surface area contributed by atoms with Gasteiger partial charge in [0.1, 0.15) is 5.76 Å². The molecule has 1 N–H and O–H groups in total. The molecule has 0 aromatic carbocycles. The molecule has 2 rings (SSSR count). The highest BCUT2D eigenvalue weighted by Gasteiger charge is 2.17. The normalized spacial score (nSPS) is 10.7. The molecule has 17 heavy (non-hydrogen) atoms. The van der Waals surface area contributed by atoms with Crippen molar-refractivity contribution in [2.45, 2.75) is 26.7 Å². The van der Waals surface area contributed by atoms with E-state index in [9.17, 15) is 4.79 Å². The third kappa shape index (κ3) is 2.32. The van der Waals surface area contributed by atoms with Crippen LogP contribution in [0.2, 0.25) is 0 Å². The molecule has 2 aromatic heterocycles. The van der Waals surface area contributed by atoms with Crippen molar-refractivity contribution in [3.05, 3.63) is 17.3 Å². The smallest absolute Gasteiger partial charge is 0.303 e. The van der Waals surface area contributed by atoms with E-state index in [2.05, 4.69) is 15.3 Å². The topological polar surface area (TPSA) is 102 Å². The molecule has 0 unspecified atom stereocenters. The van der Waals surface area contributed by atoms with Gasteiger partial charge in [-0.3, -0.25) is 4.79 Å². The molecule has 7 nitrogen and oxygen atoms in total. The largest absolute Gasteiger partial charge is 0.481 e. The van der Waals surface area contributed by atoms with Gasteiger partial charge in [-0.2, -0.15) is 4.98 Å². The number of aryl methyl sites for hydroxylation is 3. The SMILES string of the molecule is Cc1noc(C)c1-c1noc(CCC(=O)O)n1. The van der Waals surface area contributed by atoms with Crippen molar-refractivity contribution >= 4 is 5.97 Å². The summed E-state index contributed by atoms with van der Waals surface area (Å²) in [4.78, 5) is 14.5. The summed E-state index contributed by atoms with van der Waals surface area (Å²) in [5.41, 5.74) is 1.36. The first-order chi connectivity index (χ1) is 8.08. The van der Waals surface area contributed by atoms with Crippen LogP contribution in [0.1, 0.15) is 23.8 Å². The molecule has 0 radical (unpaired) electrons. The van der Waals surface area contributed by atoms with Crippen LogP contribution < -0.4 is 0 Å². The summed E-state index contributed by atoms with van der Waals surface area (Å²) in [6.45, 7) is 3.53. The Hall–Kier alpha value is -2.18. The summed E-state index contributed by atoms with van der Waals surface area (Å²) in [5, 5.41) is 16.1. The van der Waals surface area contributed by atoms with Crippen LogP contribution in [0.15, 0.2) is 9.05 Å². The summed E-state index contributed by atoms with van der Waals surface area (Å²) in [5.74, 6) is 0.374. The minimum atomic E-state index is -0.901. The van der Waals surface area contributed by atoms with Gasteiger partial charge in [-0.15, -0.1) is 0 Å². The minimum Gasteiger partial charge on any atom is -0.481 e. The molecule has 2 aromatic rings. The molecule has 0 amide bonds. The van der Waals surface area contributed by atoms with Crippen LogP contribution in [0.5, 0.6) is 0 Å². The Morgan fingerprint density at radius 1 is 1.29 bits per heavy atom. The van der Waals surface area contributed by atoms with E-state index < -0.39 is 5.97 Å². The van der Waals surface area contributed by atoms with Crippen molar-refractivity contribution in [1.82, 2.24) is 15.3 Å². The number of carboxylic acid groups (broad SMARTS) is 1. The lowest BCUT2D eigenvalue weighted by molar-refractivity contribution is -0.137. The fourth-order valence-corrected chi connectivity index (χ4v) is 1.47. The second-order valence-electron chi connectivity index (χ2n) is 3.60. The van der Waals surface area contributed by atoms with Crippen LogP contribution in [0.3, 0.4) is 0 Å². The minimum absolute atomic E-state index is 0.0385. The molecule has 0 bridgehead atoms. The van der Waals surface area contributed by atoms with E-state index in [-0.39, 0.29) is 12.8 Å². The maximum atomic E-state index is 10.4. The molecule has 2 heterocycles. The highest BCUT2D eigenvalue weighted by atomic mass is 16.5. The van der Waals surface area contributed by atoms with Crippen LogP contribution in [-0.2, 0) is 11.2 Å². The third-order valence-corrected chi connectivity index (χ3v) is 2.28. The van der Waals surface area contributed by atoms with E-state index in [1.165, 1.54) is 0 Å². The number of carboxylic acids is 1. The number of carbonyl (C=O) groups is 1. The highest BCUT2D eigenvalue weighted by Crippen LogP contribution is 2.23. The first-order valence-corrected chi connectivity index (χ1v) is 5.05. The van der Waals surface area contributed by atoms with Gasteiger partial charge in [0.05, 0.1) is 17.7 Å². The first kappa shape index (κ1) is 11.3. The Kier molecular flexibility index (Phi) is 2.90. The number of aliphatic carboxylic acids is 1. The summed E-state index contributed by atoms with van der Waals surface area (Å²) >= 11 is 0. The molecule has 0 saturated heterocycles. The molecular weight excluding hydrogens is 226 g/mol. The van der Waals surface area contributed by atoms with Crippen LogP contribution in [-0.4, -0.2) is 26.4 Å². The lowest BCUT2D eigenvalue weighted by Crippen LogP contribution is -1.97. The first-order valence-electron chi connectivity index (χ1n) is 5.05. The Labute approximate surface area is 96.4 Å². The maximum absolute atomic E-state index is 10.4. The molecule has 0 saturated carbocycles. The molecule has 0 atom stereocenters. The van der Waals surface area contributed by atoms with Gasteiger partial charge >= 0.3 is 5.97 Å². The Morgan fingerprint density at radius 2 is 2.06 bits per heavy atom. The van der Waals surface area contributed by atoms with Crippen LogP contribution >= 0.6 is 0 Å². The van der Waals surface area contributed by atoms with Crippen molar-refractivity contribution in [3.63, 3.8) is 0 Å². The van der Waals surface area contributed by atoms with Crippen molar-refractivity contribution < 1.29 is 18.9 Å². The van der Waals surface area contributed by atoms with Crippen molar-refractivity contribution in [2.24, 2.45) is 0 Å². The predicted octanol–water partition coefficient (Wildman–Crippen LogP) is 1.36. The zero-order valence-corrected chi connectivity index (χ0v) is 9.43. The van der Waals surface area contributed by atoms with E-state index in [1.54, 1.807) is 13.8 Å². The standard InChI is InChI=1S/C10H11N3O4/c1-5-9(6(2)16-12-5)10-11-7(17-13-10)3-4-8(14)15/h3-4H2,1-2H3,(H,14,15). The van der Waals surface area contributed by atoms with Crippen molar-refractivity contribution in [3.8, 4) is 11.4 Å². The highest BCUT2D eigenvalue weighted by molar-refractivity contribution is 5.67. The quantitative estimate of drug-likeness (QED) is 0.856. The van der Waals surface area contributed by atoms with Crippen molar-refractivity contribution in [2.75, 3.05) is 0 Å². The van der Waals surface area contributed by atoms with Gasteiger partial charge in [-0.05, 0) is 13.8 Å². The average molecular weight is 237 g/mol. The second kappa shape index (κ2) is 4.36. The molecule has 0 aliphatic heterocycles. The second-order valence-corrected chi connectivity index (χ2v) is 3.60.